The van der Waals surface area contributed by atoms with Crippen molar-refractivity contribution >= 4 is 11.6 Å². The summed E-state index contributed by atoms with van der Waals surface area (Å²) in [7, 11) is 0. The molecule has 0 radical (unpaired) electrons. The van der Waals surface area contributed by atoms with Gasteiger partial charge in [0.05, 0.1) is 5.41 Å². The zero-order chi connectivity index (χ0) is 19.3. The van der Waals surface area contributed by atoms with Crippen LogP contribution in [0.3, 0.4) is 0 Å². The fraction of sp³-hybridized carbons (Fsp3) is 0.269. The lowest BCUT2D eigenvalue weighted by Crippen LogP contribution is -2.47. The van der Waals surface area contributed by atoms with E-state index >= 15 is 0 Å². The summed E-state index contributed by atoms with van der Waals surface area (Å²) in [5.74, 6) is 0.515. The number of fused-ring (bicyclic) bond motifs is 1. The molecule has 3 aromatic rings. The molecular formula is C26H25NO. The predicted octanol–water partition coefficient (Wildman–Crippen LogP) is 5.87. The number of anilines is 1. The van der Waals surface area contributed by atoms with Crippen LogP contribution in [0, 0.1) is 5.41 Å². The number of hydrogen-bond donors (Lipinski definition) is 1. The monoisotopic (exact) mass is 367 g/mol. The molecule has 0 aromatic heterocycles. The number of amides is 1. The maximum Gasteiger partial charge on any atom is 0.231 e. The highest BCUT2D eigenvalue weighted by Gasteiger charge is 2.53. The average Bonchev–Trinajstić information content (AvgIpc) is 2.74. The minimum absolute atomic E-state index is 0.0960. The van der Waals surface area contributed by atoms with Crippen molar-refractivity contribution in [1.29, 1.82) is 0 Å². The Morgan fingerprint density at radius 3 is 2.04 bits per heavy atom. The lowest BCUT2D eigenvalue weighted by molar-refractivity contribution is -0.126. The minimum Gasteiger partial charge on any atom is -0.325 e. The number of para-hydroxylation sites is 1. The van der Waals surface area contributed by atoms with Gasteiger partial charge in [0.2, 0.25) is 5.91 Å². The Labute approximate surface area is 166 Å². The first-order valence-corrected chi connectivity index (χ1v) is 10.2. The standard InChI is InChI=1S/C26H25NO/c1-3-17-10-4-9-15-23(17)27-25(28)26(2)16-22-18-11-5-7-13-20(18)24(26)21-14-8-6-12-19(21)22/h4-15,22,24H,3,16H2,1-2H3,(H,27,28). The Bertz CT molecular complexity index is 1020. The van der Waals surface area contributed by atoms with Crippen molar-refractivity contribution in [3.05, 3.63) is 101 Å². The molecule has 0 fully saturated rings. The molecule has 2 nitrogen and oxygen atoms in total. The molecule has 3 aliphatic carbocycles. The van der Waals surface area contributed by atoms with Gasteiger partial charge in [-0.25, -0.2) is 0 Å². The SMILES string of the molecule is CCc1ccccc1NC(=O)C1(C)CC2c3ccccc3C1c1ccccc12. The second-order valence-electron chi connectivity index (χ2n) is 8.33. The van der Waals surface area contributed by atoms with Crippen molar-refractivity contribution in [2.75, 3.05) is 5.32 Å². The first-order chi connectivity index (χ1) is 13.6. The van der Waals surface area contributed by atoms with Crippen LogP contribution >= 0.6 is 0 Å². The van der Waals surface area contributed by atoms with Gasteiger partial charge in [0.15, 0.2) is 0 Å². The Balaban J connectivity index is 1.60. The maximum atomic E-state index is 13.7. The Morgan fingerprint density at radius 1 is 0.893 bits per heavy atom. The van der Waals surface area contributed by atoms with Gasteiger partial charge in [-0.15, -0.1) is 0 Å². The molecule has 1 unspecified atom stereocenters. The average molecular weight is 367 g/mol. The molecule has 1 N–H and O–H groups in total. The minimum atomic E-state index is -0.464. The number of nitrogens with one attached hydrogen (secondary N) is 1. The van der Waals surface area contributed by atoms with Crippen LogP contribution in [0.25, 0.3) is 0 Å². The largest absolute Gasteiger partial charge is 0.325 e. The summed E-state index contributed by atoms with van der Waals surface area (Å²) in [6, 6.07) is 25.5. The third-order valence-electron chi connectivity index (χ3n) is 6.80. The van der Waals surface area contributed by atoms with E-state index in [4.69, 9.17) is 0 Å². The molecule has 0 heterocycles. The number of carbonyl (C=O) groups excluding carboxylic acids is 1. The van der Waals surface area contributed by atoms with Gasteiger partial charge in [0, 0.05) is 17.5 Å². The summed E-state index contributed by atoms with van der Waals surface area (Å²) >= 11 is 0. The van der Waals surface area contributed by atoms with Gasteiger partial charge < -0.3 is 5.32 Å². The first-order valence-electron chi connectivity index (χ1n) is 10.2. The summed E-state index contributed by atoms with van der Waals surface area (Å²) in [5.41, 5.74) is 7.09. The maximum absolute atomic E-state index is 13.7. The van der Waals surface area contributed by atoms with Crippen LogP contribution in [0.1, 0.15) is 59.9 Å². The summed E-state index contributed by atoms with van der Waals surface area (Å²) in [6.45, 7) is 4.28. The Hall–Kier alpha value is -2.87. The molecule has 2 heteroatoms. The molecule has 6 rings (SSSR count). The highest BCUT2D eigenvalue weighted by molar-refractivity contribution is 5.97. The zero-order valence-corrected chi connectivity index (χ0v) is 16.4. The summed E-state index contributed by atoms with van der Waals surface area (Å²) < 4.78 is 0. The fourth-order valence-electron chi connectivity index (χ4n) is 5.40. The van der Waals surface area contributed by atoms with E-state index in [1.807, 2.05) is 18.2 Å². The Morgan fingerprint density at radius 2 is 1.43 bits per heavy atom. The lowest BCUT2D eigenvalue weighted by atomic mass is 9.52. The first kappa shape index (κ1) is 17.2. The molecule has 0 spiro atoms. The number of aryl methyl sites for hydroxylation is 1. The summed E-state index contributed by atoms with van der Waals surface area (Å²) in [4.78, 5) is 13.7. The van der Waals surface area contributed by atoms with E-state index in [0.29, 0.717) is 0 Å². The van der Waals surface area contributed by atoms with Gasteiger partial charge >= 0.3 is 0 Å². The van der Waals surface area contributed by atoms with E-state index in [-0.39, 0.29) is 17.7 Å². The van der Waals surface area contributed by atoms with Crippen LogP contribution in [0.2, 0.25) is 0 Å². The van der Waals surface area contributed by atoms with Crippen molar-refractivity contribution in [3.8, 4) is 0 Å². The molecule has 0 saturated heterocycles. The van der Waals surface area contributed by atoms with E-state index in [2.05, 4.69) is 73.8 Å². The van der Waals surface area contributed by atoms with Crippen molar-refractivity contribution < 1.29 is 4.79 Å². The third kappa shape index (κ3) is 2.37. The number of carbonyl (C=O) groups is 1. The second-order valence-corrected chi connectivity index (χ2v) is 8.33. The van der Waals surface area contributed by atoms with Crippen LogP contribution in [0.15, 0.2) is 72.8 Å². The predicted molar refractivity (Wildman–Crippen MR) is 114 cm³/mol. The van der Waals surface area contributed by atoms with Crippen LogP contribution in [-0.4, -0.2) is 5.91 Å². The van der Waals surface area contributed by atoms with Gasteiger partial charge in [-0.3, -0.25) is 4.79 Å². The molecule has 3 aliphatic rings. The molecule has 28 heavy (non-hydrogen) atoms. The van der Waals surface area contributed by atoms with E-state index in [1.165, 1.54) is 27.8 Å². The molecule has 0 aliphatic heterocycles. The van der Waals surface area contributed by atoms with E-state index in [0.717, 1.165) is 18.5 Å². The summed E-state index contributed by atoms with van der Waals surface area (Å²) in [5, 5.41) is 3.28. The van der Waals surface area contributed by atoms with Crippen LogP contribution in [0.4, 0.5) is 5.69 Å². The molecule has 1 atom stereocenters. The van der Waals surface area contributed by atoms with Gasteiger partial charge in [0.1, 0.15) is 0 Å². The highest BCUT2D eigenvalue weighted by atomic mass is 16.2. The number of hydrogen-bond acceptors (Lipinski definition) is 1. The van der Waals surface area contributed by atoms with Gasteiger partial charge in [-0.05, 0) is 53.6 Å². The van der Waals surface area contributed by atoms with Crippen LogP contribution in [0.5, 0.6) is 0 Å². The lowest BCUT2D eigenvalue weighted by Gasteiger charge is -2.50. The zero-order valence-electron chi connectivity index (χ0n) is 16.4. The van der Waals surface area contributed by atoms with E-state index in [9.17, 15) is 4.79 Å². The normalized spacial score (nSPS) is 24.4. The highest BCUT2D eigenvalue weighted by Crippen LogP contribution is 2.61. The Kier molecular flexibility index (Phi) is 3.90. The molecular weight excluding hydrogens is 342 g/mol. The summed E-state index contributed by atoms with van der Waals surface area (Å²) in [6.07, 6.45) is 1.76. The molecule has 140 valence electrons. The quantitative estimate of drug-likeness (QED) is 0.616. The third-order valence-corrected chi connectivity index (χ3v) is 6.80. The van der Waals surface area contributed by atoms with Crippen LogP contribution < -0.4 is 5.32 Å². The van der Waals surface area contributed by atoms with Crippen molar-refractivity contribution in [1.82, 2.24) is 0 Å². The van der Waals surface area contributed by atoms with E-state index < -0.39 is 5.41 Å². The molecule has 2 bridgehead atoms. The van der Waals surface area contributed by atoms with Gasteiger partial charge in [-0.2, -0.15) is 0 Å². The topological polar surface area (TPSA) is 29.1 Å². The smallest absolute Gasteiger partial charge is 0.231 e. The van der Waals surface area contributed by atoms with Crippen molar-refractivity contribution in [3.63, 3.8) is 0 Å². The van der Waals surface area contributed by atoms with Crippen LogP contribution in [-0.2, 0) is 11.2 Å². The van der Waals surface area contributed by atoms with Crippen molar-refractivity contribution in [2.24, 2.45) is 5.41 Å². The molecule has 3 aromatic carbocycles. The fourth-order valence-corrected chi connectivity index (χ4v) is 5.40. The van der Waals surface area contributed by atoms with Gasteiger partial charge in [0.25, 0.3) is 0 Å². The van der Waals surface area contributed by atoms with Crippen molar-refractivity contribution in [2.45, 2.75) is 38.5 Å². The van der Waals surface area contributed by atoms with Gasteiger partial charge in [-0.1, -0.05) is 73.7 Å². The number of rotatable bonds is 3. The molecule has 0 saturated carbocycles. The molecule has 1 amide bonds. The second kappa shape index (κ2) is 6.34. The van der Waals surface area contributed by atoms with E-state index in [1.54, 1.807) is 0 Å². The number of benzene rings is 3.